The summed E-state index contributed by atoms with van der Waals surface area (Å²) in [6.07, 6.45) is 0. The van der Waals surface area contributed by atoms with Crippen LogP contribution in [-0.4, -0.2) is 21.4 Å². The first-order chi connectivity index (χ1) is 4.31. The number of rotatable bonds is 2. The molecule has 0 aromatic carbocycles. The van der Waals surface area contributed by atoms with Crippen LogP contribution in [0.15, 0.2) is 0 Å². The van der Waals surface area contributed by atoms with Crippen LogP contribution in [0.5, 0.6) is 0 Å². The summed E-state index contributed by atoms with van der Waals surface area (Å²) in [4.78, 5) is 0. The van der Waals surface area contributed by atoms with E-state index in [1.807, 2.05) is 27.7 Å². The Morgan fingerprint density at radius 2 is 1.90 bits per heavy atom. The maximum Gasteiger partial charge on any atom is 0.0428 e. The minimum Gasteiger partial charge on any atom is -0.252 e. The molecule has 1 atom stereocenters. The van der Waals surface area contributed by atoms with E-state index >= 15 is 0 Å². The predicted molar refractivity (Wildman–Crippen MR) is 48.7 cm³/mol. The fraction of sp³-hybridized carbons (Fsp3) is 0.857. The van der Waals surface area contributed by atoms with Crippen LogP contribution in [0.25, 0.3) is 0 Å². The van der Waals surface area contributed by atoms with Crippen LogP contribution in [0.3, 0.4) is 0 Å². The van der Waals surface area contributed by atoms with Crippen molar-refractivity contribution in [1.29, 1.82) is 0 Å². The molecule has 0 saturated heterocycles. The molecule has 0 saturated carbocycles. The highest BCUT2D eigenvalue weighted by Crippen LogP contribution is 2.12. The van der Waals surface area contributed by atoms with Gasteiger partial charge >= 0.3 is 0 Å². The van der Waals surface area contributed by atoms with Gasteiger partial charge in [-0.05, 0) is 26.6 Å². The van der Waals surface area contributed by atoms with Crippen molar-refractivity contribution in [3.8, 4) is 0 Å². The second-order valence-electron chi connectivity index (χ2n) is 3.29. The normalized spacial score (nSPS) is 18.4. The molecule has 0 fully saturated rings. The van der Waals surface area contributed by atoms with Crippen LogP contribution < -0.4 is 4.72 Å². The first kappa shape index (κ1) is 9.98. The molecular formula is C7H17NOS. The summed E-state index contributed by atoms with van der Waals surface area (Å²) in [5.74, 6) is 3.65. The molecule has 10 heavy (non-hydrogen) atoms. The van der Waals surface area contributed by atoms with Crippen molar-refractivity contribution in [3.63, 3.8) is 0 Å². The van der Waals surface area contributed by atoms with Gasteiger partial charge < -0.3 is 0 Å². The summed E-state index contributed by atoms with van der Waals surface area (Å²) in [5.41, 5.74) is 0. The summed E-state index contributed by atoms with van der Waals surface area (Å²) in [5, 5.41) is 0. The number of nitrogens with one attached hydrogen (secondary N) is 1. The molecular weight excluding hydrogens is 146 g/mol. The molecule has 0 aromatic heterocycles. The lowest BCUT2D eigenvalue weighted by atomic mass is 10.3. The van der Waals surface area contributed by atoms with Crippen LogP contribution in [0.2, 0.25) is 0 Å². The average Bonchev–Trinajstić information content (AvgIpc) is 1.61. The Morgan fingerprint density at radius 1 is 1.50 bits per heavy atom. The monoisotopic (exact) mass is 163 g/mol. The third-order valence-corrected chi connectivity index (χ3v) is 4.10. The molecule has 0 bridgehead atoms. The smallest absolute Gasteiger partial charge is 0.0428 e. The number of hydrogen-bond donors (Lipinski definition) is 1. The van der Waals surface area contributed by atoms with E-state index in [-0.39, 0.29) is 4.75 Å². The molecule has 0 spiro atoms. The van der Waals surface area contributed by atoms with Gasteiger partial charge in [0.15, 0.2) is 0 Å². The van der Waals surface area contributed by atoms with Crippen LogP contribution >= 0.6 is 0 Å². The second kappa shape index (κ2) is 2.93. The Hall–Kier alpha value is -0.0200. The van der Waals surface area contributed by atoms with Gasteiger partial charge in [0.1, 0.15) is 0 Å². The van der Waals surface area contributed by atoms with Crippen molar-refractivity contribution in [2.45, 2.75) is 32.4 Å². The quantitative estimate of drug-likeness (QED) is 0.605. The second-order valence-corrected chi connectivity index (χ2v) is 6.15. The highest BCUT2D eigenvalue weighted by Gasteiger charge is 2.21. The lowest BCUT2D eigenvalue weighted by Gasteiger charge is -2.24. The lowest BCUT2D eigenvalue weighted by molar-refractivity contribution is 0.634. The molecule has 0 rings (SSSR count). The SMILES string of the molecule is C=S(=O)(NCC)C(C)(C)C. The third-order valence-electron chi connectivity index (χ3n) is 1.37. The fourth-order valence-electron chi connectivity index (χ4n) is 0.450. The molecule has 0 aromatic rings. The van der Waals surface area contributed by atoms with Crippen molar-refractivity contribution in [3.05, 3.63) is 0 Å². The van der Waals surface area contributed by atoms with Gasteiger partial charge in [-0.3, -0.25) is 4.21 Å². The Kier molecular flexibility index (Phi) is 2.92. The molecule has 0 amide bonds. The summed E-state index contributed by atoms with van der Waals surface area (Å²) in [6, 6.07) is 0. The van der Waals surface area contributed by atoms with Crippen LogP contribution in [0, 0.1) is 0 Å². The van der Waals surface area contributed by atoms with Crippen molar-refractivity contribution < 1.29 is 4.21 Å². The summed E-state index contributed by atoms with van der Waals surface area (Å²) in [6.45, 7) is 8.40. The first-order valence-electron chi connectivity index (χ1n) is 3.42. The predicted octanol–water partition coefficient (Wildman–Crippen LogP) is 1.03. The standard InChI is InChI=1S/C7H17NOS/c1-6-8-10(5,9)7(2,3)4/h5-6H2,1-4H3,(H,8,9). The topological polar surface area (TPSA) is 29.1 Å². The van der Waals surface area contributed by atoms with E-state index in [1.165, 1.54) is 0 Å². The van der Waals surface area contributed by atoms with Gasteiger partial charge in [-0.2, -0.15) is 0 Å². The van der Waals surface area contributed by atoms with E-state index in [1.54, 1.807) is 0 Å². The zero-order valence-electron chi connectivity index (χ0n) is 7.23. The Morgan fingerprint density at radius 3 is 2.00 bits per heavy atom. The van der Waals surface area contributed by atoms with Gasteiger partial charge in [0.2, 0.25) is 0 Å². The van der Waals surface area contributed by atoms with Crippen LogP contribution in [0.1, 0.15) is 27.7 Å². The van der Waals surface area contributed by atoms with E-state index in [0.29, 0.717) is 6.54 Å². The third kappa shape index (κ3) is 2.31. The molecule has 3 heteroatoms. The van der Waals surface area contributed by atoms with Gasteiger partial charge in [-0.1, -0.05) is 6.92 Å². The Balaban J connectivity index is 4.44. The zero-order valence-corrected chi connectivity index (χ0v) is 8.05. The van der Waals surface area contributed by atoms with Crippen LogP contribution in [-0.2, 0) is 9.71 Å². The molecule has 62 valence electrons. The summed E-state index contributed by atoms with van der Waals surface area (Å²) >= 11 is 0. The first-order valence-corrected chi connectivity index (χ1v) is 5.15. The molecule has 0 aliphatic heterocycles. The zero-order chi connectivity index (χ0) is 8.41. The van der Waals surface area contributed by atoms with Gasteiger partial charge in [-0.25, -0.2) is 4.72 Å². The Bertz CT molecular complexity index is 186. The molecule has 0 aliphatic carbocycles. The van der Waals surface area contributed by atoms with Crippen molar-refractivity contribution in [2.24, 2.45) is 0 Å². The van der Waals surface area contributed by atoms with Crippen molar-refractivity contribution in [1.82, 2.24) is 4.72 Å². The highest BCUT2D eigenvalue weighted by molar-refractivity contribution is 7.99. The van der Waals surface area contributed by atoms with E-state index < -0.39 is 9.71 Å². The van der Waals surface area contributed by atoms with E-state index in [2.05, 4.69) is 10.6 Å². The van der Waals surface area contributed by atoms with Gasteiger partial charge in [0, 0.05) is 21.0 Å². The minimum absolute atomic E-state index is 0.247. The maximum absolute atomic E-state index is 11.6. The van der Waals surface area contributed by atoms with E-state index in [0.717, 1.165) is 0 Å². The van der Waals surface area contributed by atoms with E-state index in [9.17, 15) is 4.21 Å². The summed E-state index contributed by atoms with van der Waals surface area (Å²) < 4.78 is 14.2. The average molecular weight is 163 g/mol. The Labute approximate surface area is 64.2 Å². The molecule has 1 unspecified atom stereocenters. The lowest BCUT2D eigenvalue weighted by Crippen LogP contribution is -2.38. The molecule has 2 nitrogen and oxygen atoms in total. The number of hydrogen-bond acceptors (Lipinski definition) is 1. The van der Waals surface area contributed by atoms with E-state index in [4.69, 9.17) is 0 Å². The largest absolute Gasteiger partial charge is 0.252 e. The van der Waals surface area contributed by atoms with Crippen LogP contribution in [0.4, 0.5) is 0 Å². The maximum atomic E-state index is 11.6. The van der Waals surface area contributed by atoms with Crippen molar-refractivity contribution >= 4 is 15.6 Å². The van der Waals surface area contributed by atoms with Gasteiger partial charge in [0.05, 0.1) is 0 Å². The van der Waals surface area contributed by atoms with Gasteiger partial charge in [0.25, 0.3) is 0 Å². The highest BCUT2D eigenvalue weighted by atomic mass is 32.2. The molecule has 1 N–H and O–H groups in total. The fourth-order valence-corrected chi connectivity index (χ4v) is 1.35. The minimum atomic E-state index is -2.10. The molecule has 0 aliphatic rings. The molecule has 0 radical (unpaired) electrons. The molecule has 0 heterocycles. The summed E-state index contributed by atoms with van der Waals surface area (Å²) in [7, 11) is -2.10. The van der Waals surface area contributed by atoms with Crippen molar-refractivity contribution in [2.75, 3.05) is 6.54 Å². The van der Waals surface area contributed by atoms with Gasteiger partial charge in [-0.15, -0.1) is 0 Å².